The quantitative estimate of drug-likeness (QED) is 0.818. The second-order valence-electron chi connectivity index (χ2n) is 4.20. The number of halogens is 4. The third-order valence-electron chi connectivity index (χ3n) is 2.69. The molecule has 0 heterocycles. The Morgan fingerprint density at radius 1 is 1.05 bits per heavy atom. The molecule has 0 bridgehead atoms. The summed E-state index contributed by atoms with van der Waals surface area (Å²) in [5.41, 5.74) is 0.0750. The number of carbonyl (C=O) groups is 1. The van der Waals surface area contributed by atoms with Crippen molar-refractivity contribution in [3.05, 3.63) is 58.1 Å². The van der Waals surface area contributed by atoms with Crippen LogP contribution in [0.5, 0.6) is 0 Å². The topological polar surface area (TPSA) is 49.3 Å². The number of alkyl halides is 3. The summed E-state index contributed by atoms with van der Waals surface area (Å²) in [6, 6.07) is 9.48. The first kappa shape index (κ1) is 15.4. The fraction of sp³-hybridized carbons (Fsp3) is 0.0714. The van der Waals surface area contributed by atoms with Gasteiger partial charge in [-0.15, -0.1) is 0 Å². The first-order valence-corrected chi connectivity index (χ1v) is 6.54. The number of benzene rings is 2. The largest absolute Gasteiger partial charge is 0.478 e. The third-order valence-corrected chi connectivity index (χ3v) is 3.38. The van der Waals surface area contributed by atoms with Crippen LogP contribution in [0.3, 0.4) is 0 Å². The summed E-state index contributed by atoms with van der Waals surface area (Å²) in [6.45, 7) is 0. The van der Waals surface area contributed by atoms with Crippen molar-refractivity contribution in [1.29, 1.82) is 0 Å². The second-order valence-corrected chi connectivity index (χ2v) is 5.05. The molecule has 0 amide bonds. The molecule has 0 fully saturated rings. The van der Waals surface area contributed by atoms with Crippen molar-refractivity contribution >= 4 is 33.3 Å². The van der Waals surface area contributed by atoms with Gasteiger partial charge >= 0.3 is 12.1 Å². The first-order valence-electron chi connectivity index (χ1n) is 5.74. The lowest BCUT2D eigenvalue weighted by molar-refractivity contribution is -0.138. The molecule has 110 valence electrons. The normalized spacial score (nSPS) is 11.2. The molecule has 0 radical (unpaired) electrons. The Morgan fingerprint density at radius 2 is 1.62 bits per heavy atom. The molecule has 0 saturated heterocycles. The Balaban J connectivity index is 2.26. The molecule has 0 saturated carbocycles. The average molecular weight is 360 g/mol. The van der Waals surface area contributed by atoms with E-state index in [1.165, 1.54) is 36.4 Å². The minimum atomic E-state index is -4.45. The van der Waals surface area contributed by atoms with E-state index in [-0.39, 0.29) is 15.7 Å². The Bertz CT molecular complexity index is 669. The molecule has 0 unspecified atom stereocenters. The van der Waals surface area contributed by atoms with E-state index in [2.05, 4.69) is 21.2 Å². The fourth-order valence-electron chi connectivity index (χ4n) is 1.68. The molecule has 2 aromatic carbocycles. The molecule has 2 N–H and O–H groups in total. The van der Waals surface area contributed by atoms with Crippen molar-refractivity contribution < 1.29 is 23.1 Å². The van der Waals surface area contributed by atoms with Crippen LogP contribution in [-0.2, 0) is 6.18 Å². The van der Waals surface area contributed by atoms with E-state index in [0.717, 1.165) is 6.07 Å². The molecule has 2 aromatic rings. The highest BCUT2D eigenvalue weighted by Gasteiger charge is 2.33. The smallest absolute Gasteiger partial charge is 0.417 e. The second kappa shape index (κ2) is 5.77. The molecule has 21 heavy (non-hydrogen) atoms. The highest BCUT2D eigenvalue weighted by molar-refractivity contribution is 9.10. The lowest BCUT2D eigenvalue weighted by Crippen LogP contribution is -2.06. The van der Waals surface area contributed by atoms with Crippen molar-refractivity contribution in [3.8, 4) is 0 Å². The van der Waals surface area contributed by atoms with Crippen LogP contribution < -0.4 is 5.32 Å². The van der Waals surface area contributed by atoms with E-state index in [9.17, 15) is 18.0 Å². The van der Waals surface area contributed by atoms with Crippen LogP contribution in [0, 0.1) is 0 Å². The van der Waals surface area contributed by atoms with Crippen LogP contribution in [0.25, 0.3) is 0 Å². The summed E-state index contributed by atoms with van der Waals surface area (Å²) in [7, 11) is 0. The van der Waals surface area contributed by atoms with Crippen LogP contribution in [0.2, 0.25) is 0 Å². The van der Waals surface area contributed by atoms with Gasteiger partial charge in [0.25, 0.3) is 0 Å². The Kier molecular flexibility index (Phi) is 4.22. The number of nitrogens with one attached hydrogen (secondary N) is 1. The Hall–Kier alpha value is -2.02. The first-order chi connectivity index (χ1) is 9.77. The van der Waals surface area contributed by atoms with Gasteiger partial charge in [0.1, 0.15) is 0 Å². The van der Waals surface area contributed by atoms with Crippen molar-refractivity contribution in [2.75, 3.05) is 5.32 Å². The summed E-state index contributed by atoms with van der Waals surface area (Å²) < 4.78 is 38.3. The highest BCUT2D eigenvalue weighted by Crippen LogP contribution is 2.36. The molecule has 0 aromatic heterocycles. The Morgan fingerprint density at radius 3 is 2.14 bits per heavy atom. The Labute approximate surface area is 126 Å². The van der Waals surface area contributed by atoms with Crippen LogP contribution in [0.1, 0.15) is 15.9 Å². The van der Waals surface area contributed by atoms with Gasteiger partial charge in [0, 0.05) is 15.8 Å². The summed E-state index contributed by atoms with van der Waals surface area (Å²) in [5.74, 6) is -1.07. The van der Waals surface area contributed by atoms with Gasteiger partial charge in [-0.2, -0.15) is 13.2 Å². The summed E-state index contributed by atoms with van der Waals surface area (Å²) in [6.07, 6.45) is -4.45. The van der Waals surface area contributed by atoms with Gasteiger partial charge in [0.05, 0.1) is 11.1 Å². The predicted molar refractivity (Wildman–Crippen MR) is 75.8 cm³/mol. The highest BCUT2D eigenvalue weighted by atomic mass is 79.9. The van der Waals surface area contributed by atoms with Gasteiger partial charge < -0.3 is 10.4 Å². The summed E-state index contributed by atoms with van der Waals surface area (Å²) in [4.78, 5) is 10.7. The number of rotatable bonds is 3. The predicted octanol–water partition coefficient (Wildman–Crippen LogP) is 4.91. The van der Waals surface area contributed by atoms with E-state index < -0.39 is 17.7 Å². The molecular weight excluding hydrogens is 351 g/mol. The molecule has 0 aliphatic rings. The lowest BCUT2D eigenvalue weighted by atomic mass is 10.1. The maximum atomic E-state index is 12.8. The lowest BCUT2D eigenvalue weighted by Gasteiger charge is -2.12. The minimum absolute atomic E-state index is 0.0400. The number of hydrogen-bond acceptors (Lipinski definition) is 2. The maximum absolute atomic E-state index is 12.8. The summed E-state index contributed by atoms with van der Waals surface area (Å²) >= 11 is 2.86. The average Bonchev–Trinajstić information content (AvgIpc) is 2.40. The van der Waals surface area contributed by atoms with Gasteiger partial charge in [0.2, 0.25) is 0 Å². The van der Waals surface area contributed by atoms with Crippen LogP contribution in [-0.4, -0.2) is 11.1 Å². The standard InChI is InChI=1S/C14H9BrF3NO2/c15-12-6-5-10(7-11(12)14(16,17)18)19-9-3-1-8(2-4-9)13(20)21/h1-7,19H,(H,20,21). The van der Waals surface area contributed by atoms with Crippen molar-refractivity contribution in [2.24, 2.45) is 0 Å². The van der Waals surface area contributed by atoms with E-state index in [4.69, 9.17) is 5.11 Å². The molecule has 2 rings (SSSR count). The molecular formula is C14H9BrF3NO2. The summed E-state index contributed by atoms with van der Waals surface area (Å²) in [5, 5.41) is 11.6. The molecule has 0 aliphatic carbocycles. The number of carboxylic acids is 1. The monoisotopic (exact) mass is 359 g/mol. The van der Waals surface area contributed by atoms with Gasteiger partial charge in [-0.05, 0) is 42.5 Å². The molecule has 7 heteroatoms. The SMILES string of the molecule is O=C(O)c1ccc(Nc2ccc(Br)c(C(F)(F)F)c2)cc1. The number of hydrogen-bond donors (Lipinski definition) is 2. The fourth-order valence-corrected chi connectivity index (χ4v) is 2.15. The van der Waals surface area contributed by atoms with E-state index in [0.29, 0.717) is 5.69 Å². The van der Waals surface area contributed by atoms with E-state index in [1.54, 1.807) is 0 Å². The van der Waals surface area contributed by atoms with E-state index in [1.807, 2.05) is 0 Å². The minimum Gasteiger partial charge on any atom is -0.478 e. The van der Waals surface area contributed by atoms with Crippen molar-refractivity contribution in [2.45, 2.75) is 6.18 Å². The van der Waals surface area contributed by atoms with Gasteiger partial charge in [0.15, 0.2) is 0 Å². The molecule has 0 spiro atoms. The zero-order valence-corrected chi connectivity index (χ0v) is 12.0. The number of anilines is 2. The van der Waals surface area contributed by atoms with Gasteiger partial charge in [-0.3, -0.25) is 0 Å². The van der Waals surface area contributed by atoms with Crippen LogP contribution in [0.4, 0.5) is 24.5 Å². The van der Waals surface area contributed by atoms with Crippen molar-refractivity contribution in [3.63, 3.8) is 0 Å². The number of carboxylic acid groups (broad SMARTS) is 1. The van der Waals surface area contributed by atoms with Crippen LogP contribution >= 0.6 is 15.9 Å². The third kappa shape index (κ3) is 3.75. The van der Waals surface area contributed by atoms with Crippen LogP contribution in [0.15, 0.2) is 46.9 Å². The zero-order chi connectivity index (χ0) is 15.6. The van der Waals surface area contributed by atoms with Gasteiger partial charge in [-0.1, -0.05) is 15.9 Å². The molecule has 0 atom stereocenters. The molecule has 0 aliphatic heterocycles. The maximum Gasteiger partial charge on any atom is 0.417 e. The van der Waals surface area contributed by atoms with E-state index >= 15 is 0 Å². The number of aromatic carboxylic acids is 1. The van der Waals surface area contributed by atoms with Crippen molar-refractivity contribution in [1.82, 2.24) is 0 Å². The molecule has 3 nitrogen and oxygen atoms in total. The van der Waals surface area contributed by atoms with Gasteiger partial charge in [-0.25, -0.2) is 4.79 Å². The zero-order valence-electron chi connectivity index (χ0n) is 10.4.